The Morgan fingerprint density at radius 1 is 1.62 bits per heavy atom. The first-order chi connectivity index (χ1) is 7.74. The van der Waals surface area contributed by atoms with Gasteiger partial charge in [0.25, 0.3) is 0 Å². The van der Waals surface area contributed by atoms with Gasteiger partial charge < -0.3 is 21.8 Å². The van der Waals surface area contributed by atoms with Crippen LogP contribution in [0.1, 0.15) is 18.5 Å². The molecule has 0 saturated heterocycles. The summed E-state index contributed by atoms with van der Waals surface area (Å²) in [7, 11) is 0. The number of nitrogens with zero attached hydrogens (tertiary/aromatic N) is 1. The second-order valence-corrected chi connectivity index (χ2v) is 3.66. The predicted octanol–water partition coefficient (Wildman–Crippen LogP) is -0.865. The second-order valence-electron chi connectivity index (χ2n) is 3.66. The summed E-state index contributed by atoms with van der Waals surface area (Å²) >= 11 is 0. The van der Waals surface area contributed by atoms with E-state index in [-0.39, 0.29) is 5.91 Å². The number of H-pyrrole nitrogens is 1. The minimum atomic E-state index is -0.453. The molecule has 0 radical (unpaired) electrons. The molecule has 1 atom stereocenters. The molecule has 0 spiro atoms. The number of nitrogens with one attached hydrogen (secondary N) is 2. The van der Waals surface area contributed by atoms with Crippen LogP contribution >= 0.6 is 0 Å². The summed E-state index contributed by atoms with van der Waals surface area (Å²) in [5.74, 6) is -0.118. The van der Waals surface area contributed by atoms with Crippen LogP contribution in [0.4, 0.5) is 0 Å². The first kappa shape index (κ1) is 12.7. The third-order valence-electron chi connectivity index (χ3n) is 2.30. The van der Waals surface area contributed by atoms with Crippen LogP contribution in [0.3, 0.4) is 0 Å². The fourth-order valence-corrected chi connectivity index (χ4v) is 1.34. The number of amides is 1. The summed E-state index contributed by atoms with van der Waals surface area (Å²) in [6.45, 7) is 1.13. The lowest BCUT2D eigenvalue weighted by Gasteiger charge is -2.11. The van der Waals surface area contributed by atoms with Crippen molar-refractivity contribution in [3.63, 3.8) is 0 Å². The maximum absolute atomic E-state index is 11.5. The SMILES string of the molecule is NCCC[C@H](N)C(=O)NCCc1cnc[nH]1. The van der Waals surface area contributed by atoms with E-state index in [1.54, 1.807) is 12.5 Å². The highest BCUT2D eigenvalue weighted by Crippen LogP contribution is 1.94. The fraction of sp³-hybridized carbons (Fsp3) is 0.600. The van der Waals surface area contributed by atoms with Crippen molar-refractivity contribution in [1.82, 2.24) is 15.3 Å². The number of nitrogens with two attached hydrogens (primary N) is 2. The molecular formula is C10H19N5O. The van der Waals surface area contributed by atoms with E-state index < -0.39 is 6.04 Å². The van der Waals surface area contributed by atoms with E-state index in [0.717, 1.165) is 18.5 Å². The number of carbonyl (C=O) groups excluding carboxylic acids is 1. The topological polar surface area (TPSA) is 110 Å². The Morgan fingerprint density at radius 2 is 2.44 bits per heavy atom. The molecule has 0 aliphatic heterocycles. The van der Waals surface area contributed by atoms with Gasteiger partial charge in [0.2, 0.25) is 5.91 Å². The van der Waals surface area contributed by atoms with Gasteiger partial charge in [-0.1, -0.05) is 0 Å². The molecule has 1 aromatic rings. The predicted molar refractivity (Wildman–Crippen MR) is 61.6 cm³/mol. The summed E-state index contributed by atoms with van der Waals surface area (Å²) in [5, 5.41) is 2.78. The number of hydrogen-bond donors (Lipinski definition) is 4. The van der Waals surface area contributed by atoms with Crippen molar-refractivity contribution >= 4 is 5.91 Å². The smallest absolute Gasteiger partial charge is 0.236 e. The van der Waals surface area contributed by atoms with Gasteiger partial charge in [0.1, 0.15) is 0 Å². The van der Waals surface area contributed by atoms with Gasteiger partial charge in [0, 0.05) is 24.9 Å². The number of aromatic nitrogens is 2. The highest BCUT2D eigenvalue weighted by atomic mass is 16.2. The molecule has 0 aromatic carbocycles. The van der Waals surface area contributed by atoms with Crippen LogP contribution in [0.15, 0.2) is 12.5 Å². The molecule has 6 N–H and O–H groups in total. The maximum atomic E-state index is 11.5. The van der Waals surface area contributed by atoms with E-state index >= 15 is 0 Å². The van der Waals surface area contributed by atoms with Crippen LogP contribution in [-0.4, -0.2) is 35.0 Å². The zero-order valence-electron chi connectivity index (χ0n) is 9.28. The molecule has 0 aliphatic rings. The average Bonchev–Trinajstić information content (AvgIpc) is 2.78. The third-order valence-corrected chi connectivity index (χ3v) is 2.30. The molecule has 90 valence electrons. The number of aromatic amines is 1. The zero-order valence-corrected chi connectivity index (χ0v) is 9.28. The Kier molecular flexibility index (Phi) is 5.52. The van der Waals surface area contributed by atoms with E-state index in [9.17, 15) is 4.79 Å². The monoisotopic (exact) mass is 225 g/mol. The fourth-order valence-electron chi connectivity index (χ4n) is 1.34. The standard InChI is InChI=1S/C10H19N5O/c11-4-1-2-9(12)10(16)14-5-3-8-6-13-7-15-8/h6-7,9H,1-5,11-12H2,(H,13,15)(H,14,16)/t9-/m0/s1. The maximum Gasteiger partial charge on any atom is 0.236 e. The van der Waals surface area contributed by atoms with Crippen molar-refractivity contribution < 1.29 is 4.79 Å². The lowest BCUT2D eigenvalue weighted by atomic mass is 10.1. The Bertz CT molecular complexity index is 298. The van der Waals surface area contributed by atoms with Crippen LogP contribution in [-0.2, 0) is 11.2 Å². The van der Waals surface area contributed by atoms with Gasteiger partial charge in [0.15, 0.2) is 0 Å². The molecule has 6 nitrogen and oxygen atoms in total. The quantitative estimate of drug-likeness (QED) is 0.483. The third kappa shape index (κ3) is 4.41. The molecule has 1 heterocycles. The summed E-state index contributed by atoms with van der Waals surface area (Å²) in [6, 6.07) is -0.453. The Labute approximate surface area is 94.8 Å². The first-order valence-corrected chi connectivity index (χ1v) is 5.44. The number of hydrogen-bond acceptors (Lipinski definition) is 4. The molecule has 0 fully saturated rings. The van der Waals surface area contributed by atoms with Crippen molar-refractivity contribution in [3.05, 3.63) is 18.2 Å². The van der Waals surface area contributed by atoms with Crippen molar-refractivity contribution in [2.75, 3.05) is 13.1 Å². The van der Waals surface area contributed by atoms with Gasteiger partial charge in [-0.3, -0.25) is 4.79 Å². The van der Waals surface area contributed by atoms with Crippen LogP contribution in [0, 0.1) is 0 Å². The van der Waals surface area contributed by atoms with Gasteiger partial charge in [-0.15, -0.1) is 0 Å². The van der Waals surface area contributed by atoms with Crippen LogP contribution in [0.25, 0.3) is 0 Å². The van der Waals surface area contributed by atoms with E-state index in [4.69, 9.17) is 11.5 Å². The first-order valence-electron chi connectivity index (χ1n) is 5.44. The van der Waals surface area contributed by atoms with Crippen LogP contribution in [0.2, 0.25) is 0 Å². The second kappa shape index (κ2) is 6.97. The van der Waals surface area contributed by atoms with Crippen molar-refractivity contribution in [1.29, 1.82) is 0 Å². The summed E-state index contributed by atoms with van der Waals surface area (Å²) in [4.78, 5) is 18.3. The van der Waals surface area contributed by atoms with E-state index in [1.807, 2.05) is 0 Å². The summed E-state index contributed by atoms with van der Waals surface area (Å²) in [5.41, 5.74) is 12.0. The Balaban J connectivity index is 2.14. The van der Waals surface area contributed by atoms with Crippen molar-refractivity contribution in [2.45, 2.75) is 25.3 Å². The molecule has 1 amide bonds. The van der Waals surface area contributed by atoms with E-state index in [0.29, 0.717) is 19.5 Å². The number of rotatable bonds is 7. The van der Waals surface area contributed by atoms with Gasteiger partial charge in [-0.05, 0) is 19.4 Å². The molecule has 1 rings (SSSR count). The number of imidazole rings is 1. The molecule has 6 heteroatoms. The molecule has 0 bridgehead atoms. The minimum absolute atomic E-state index is 0.118. The van der Waals surface area contributed by atoms with Crippen molar-refractivity contribution in [2.24, 2.45) is 11.5 Å². The number of carbonyl (C=O) groups is 1. The highest BCUT2D eigenvalue weighted by molar-refractivity contribution is 5.81. The highest BCUT2D eigenvalue weighted by Gasteiger charge is 2.11. The molecule has 0 unspecified atom stereocenters. The van der Waals surface area contributed by atoms with Crippen LogP contribution < -0.4 is 16.8 Å². The van der Waals surface area contributed by atoms with Crippen LogP contribution in [0.5, 0.6) is 0 Å². The summed E-state index contributed by atoms with van der Waals surface area (Å²) in [6.07, 6.45) is 5.49. The summed E-state index contributed by atoms with van der Waals surface area (Å²) < 4.78 is 0. The van der Waals surface area contributed by atoms with Gasteiger partial charge >= 0.3 is 0 Å². The lowest BCUT2D eigenvalue weighted by molar-refractivity contribution is -0.122. The van der Waals surface area contributed by atoms with Gasteiger partial charge in [-0.2, -0.15) is 0 Å². The Hall–Kier alpha value is -1.40. The largest absolute Gasteiger partial charge is 0.354 e. The molecule has 1 aromatic heterocycles. The molecular weight excluding hydrogens is 206 g/mol. The normalized spacial score (nSPS) is 12.4. The molecule has 0 aliphatic carbocycles. The van der Waals surface area contributed by atoms with Gasteiger partial charge in [0.05, 0.1) is 12.4 Å². The average molecular weight is 225 g/mol. The molecule has 0 saturated carbocycles. The van der Waals surface area contributed by atoms with Gasteiger partial charge in [-0.25, -0.2) is 4.98 Å². The van der Waals surface area contributed by atoms with Crippen molar-refractivity contribution in [3.8, 4) is 0 Å². The van der Waals surface area contributed by atoms with E-state index in [2.05, 4.69) is 15.3 Å². The minimum Gasteiger partial charge on any atom is -0.354 e. The van der Waals surface area contributed by atoms with E-state index in [1.165, 1.54) is 0 Å². The zero-order chi connectivity index (χ0) is 11.8. The lowest BCUT2D eigenvalue weighted by Crippen LogP contribution is -2.41. The Morgan fingerprint density at radius 3 is 3.06 bits per heavy atom. The molecule has 16 heavy (non-hydrogen) atoms.